The first-order chi connectivity index (χ1) is 8.17. The highest BCUT2D eigenvalue weighted by Crippen LogP contribution is 2.31. The Balaban J connectivity index is 2.58. The molecule has 0 bridgehead atoms. The van der Waals surface area contributed by atoms with Crippen LogP contribution in [0, 0.1) is 3.95 Å². The van der Waals surface area contributed by atoms with Crippen LogP contribution in [-0.2, 0) is 0 Å². The molecule has 0 fully saturated rings. The minimum absolute atomic E-state index is 0.118. The molecule has 0 saturated carbocycles. The second-order valence-corrected chi connectivity index (χ2v) is 4.74. The maximum absolute atomic E-state index is 9.71. The Hall–Kier alpha value is -1.53. The van der Waals surface area contributed by atoms with E-state index in [1.165, 1.54) is 11.3 Å². The maximum Gasteiger partial charge on any atom is 0.207 e. The van der Waals surface area contributed by atoms with Crippen LogP contribution >= 0.6 is 23.6 Å². The van der Waals surface area contributed by atoms with Gasteiger partial charge in [0.25, 0.3) is 0 Å². The van der Waals surface area contributed by atoms with Crippen molar-refractivity contribution in [1.82, 2.24) is 4.57 Å². The monoisotopic (exact) mass is 269 g/mol. The average molecular weight is 269 g/mol. The van der Waals surface area contributed by atoms with Crippen LogP contribution in [0.25, 0.3) is 5.69 Å². The number of hydrogen-bond donors (Lipinski definition) is 1. The number of methoxy groups -OCH3 is 2. The average Bonchev–Trinajstić information content (AvgIpc) is 2.68. The van der Waals surface area contributed by atoms with E-state index in [9.17, 15) is 5.11 Å². The Morgan fingerprint density at radius 2 is 1.94 bits per heavy atom. The highest BCUT2D eigenvalue weighted by atomic mass is 32.1. The molecular formula is C11H11NO3S2. The number of rotatable bonds is 3. The fourth-order valence-electron chi connectivity index (χ4n) is 1.50. The molecule has 0 radical (unpaired) electrons. The topological polar surface area (TPSA) is 43.6 Å². The van der Waals surface area contributed by atoms with E-state index in [2.05, 4.69) is 0 Å². The molecule has 0 aliphatic carbocycles. The van der Waals surface area contributed by atoms with Crippen molar-refractivity contribution in [1.29, 1.82) is 0 Å². The van der Waals surface area contributed by atoms with E-state index in [-0.39, 0.29) is 5.88 Å². The second-order valence-electron chi connectivity index (χ2n) is 3.23. The first-order valence-electron chi connectivity index (χ1n) is 4.79. The molecule has 0 aliphatic heterocycles. The van der Waals surface area contributed by atoms with Crippen molar-refractivity contribution < 1.29 is 14.6 Å². The molecule has 0 saturated heterocycles. The third-order valence-corrected chi connectivity index (χ3v) is 3.49. The molecule has 0 aliphatic rings. The van der Waals surface area contributed by atoms with Crippen molar-refractivity contribution in [2.24, 2.45) is 0 Å². The van der Waals surface area contributed by atoms with Crippen LogP contribution < -0.4 is 9.47 Å². The number of aromatic nitrogens is 1. The second kappa shape index (κ2) is 4.77. The number of benzene rings is 1. The van der Waals surface area contributed by atoms with Crippen molar-refractivity contribution in [3.05, 3.63) is 27.5 Å². The first kappa shape index (κ1) is 11.9. The first-order valence-corrected chi connectivity index (χ1v) is 6.08. The largest absolute Gasteiger partial charge is 0.494 e. The van der Waals surface area contributed by atoms with Gasteiger partial charge in [-0.1, -0.05) is 0 Å². The molecule has 2 rings (SSSR count). The minimum Gasteiger partial charge on any atom is -0.494 e. The molecule has 0 amide bonds. The number of nitrogens with zero attached hydrogens (tertiary/aromatic N) is 1. The molecule has 4 nitrogen and oxygen atoms in total. The zero-order valence-corrected chi connectivity index (χ0v) is 11.0. The van der Waals surface area contributed by atoms with Gasteiger partial charge in [-0.05, 0) is 24.4 Å². The zero-order valence-electron chi connectivity index (χ0n) is 9.34. The SMILES string of the molecule is COc1ccc(-n2c(O)csc2=S)cc1OC. The third kappa shape index (κ3) is 2.13. The van der Waals surface area contributed by atoms with Gasteiger partial charge in [-0.2, -0.15) is 0 Å². The van der Waals surface area contributed by atoms with Crippen LogP contribution in [0.15, 0.2) is 23.6 Å². The fraction of sp³-hybridized carbons (Fsp3) is 0.182. The quantitative estimate of drug-likeness (QED) is 0.870. The number of hydrogen-bond acceptors (Lipinski definition) is 5. The lowest BCUT2D eigenvalue weighted by atomic mass is 10.2. The molecule has 1 aromatic carbocycles. The van der Waals surface area contributed by atoms with E-state index in [4.69, 9.17) is 21.7 Å². The zero-order chi connectivity index (χ0) is 12.4. The Morgan fingerprint density at radius 1 is 1.24 bits per heavy atom. The number of thiazole rings is 1. The summed E-state index contributed by atoms with van der Waals surface area (Å²) in [6, 6.07) is 5.34. The maximum atomic E-state index is 9.71. The van der Waals surface area contributed by atoms with E-state index < -0.39 is 0 Å². The molecule has 1 N–H and O–H groups in total. The van der Waals surface area contributed by atoms with Gasteiger partial charge in [-0.15, -0.1) is 11.3 Å². The predicted octanol–water partition coefficient (Wildman–Crippen LogP) is 2.99. The lowest BCUT2D eigenvalue weighted by Gasteiger charge is -2.10. The molecule has 17 heavy (non-hydrogen) atoms. The highest BCUT2D eigenvalue weighted by Gasteiger charge is 2.09. The van der Waals surface area contributed by atoms with Crippen LogP contribution in [0.5, 0.6) is 17.4 Å². The van der Waals surface area contributed by atoms with E-state index in [0.717, 1.165) is 5.69 Å². The molecule has 1 aromatic heterocycles. The third-order valence-electron chi connectivity index (χ3n) is 2.30. The Labute approximate surface area is 108 Å². The predicted molar refractivity (Wildman–Crippen MR) is 69.2 cm³/mol. The van der Waals surface area contributed by atoms with Gasteiger partial charge >= 0.3 is 0 Å². The van der Waals surface area contributed by atoms with Crippen molar-refractivity contribution in [2.75, 3.05) is 14.2 Å². The number of ether oxygens (including phenoxy) is 2. The lowest BCUT2D eigenvalue weighted by Crippen LogP contribution is -1.96. The van der Waals surface area contributed by atoms with Gasteiger partial charge in [0.1, 0.15) is 0 Å². The van der Waals surface area contributed by atoms with E-state index >= 15 is 0 Å². The summed E-state index contributed by atoms with van der Waals surface area (Å²) < 4.78 is 12.5. The molecular weight excluding hydrogens is 258 g/mol. The van der Waals surface area contributed by atoms with E-state index in [1.54, 1.807) is 36.3 Å². The van der Waals surface area contributed by atoms with Gasteiger partial charge in [0, 0.05) is 6.07 Å². The normalized spacial score (nSPS) is 10.2. The van der Waals surface area contributed by atoms with E-state index in [1.807, 2.05) is 6.07 Å². The summed E-state index contributed by atoms with van der Waals surface area (Å²) >= 11 is 6.45. The van der Waals surface area contributed by atoms with Gasteiger partial charge < -0.3 is 14.6 Å². The van der Waals surface area contributed by atoms with Gasteiger partial charge in [0.2, 0.25) is 5.88 Å². The Kier molecular flexibility index (Phi) is 3.35. The van der Waals surface area contributed by atoms with Gasteiger partial charge in [-0.3, -0.25) is 4.57 Å². The summed E-state index contributed by atoms with van der Waals surface area (Å²) in [5, 5.41) is 11.3. The summed E-state index contributed by atoms with van der Waals surface area (Å²) in [6.45, 7) is 0. The summed E-state index contributed by atoms with van der Waals surface area (Å²) in [5.74, 6) is 1.35. The van der Waals surface area contributed by atoms with Crippen molar-refractivity contribution >= 4 is 23.6 Å². The van der Waals surface area contributed by atoms with Crippen LogP contribution in [-0.4, -0.2) is 23.9 Å². The van der Waals surface area contributed by atoms with E-state index in [0.29, 0.717) is 15.5 Å². The van der Waals surface area contributed by atoms with Crippen molar-refractivity contribution in [2.45, 2.75) is 0 Å². The van der Waals surface area contributed by atoms with Crippen LogP contribution in [0.1, 0.15) is 0 Å². The summed E-state index contributed by atoms with van der Waals surface area (Å²) in [4.78, 5) is 0. The molecule has 0 spiro atoms. The van der Waals surface area contributed by atoms with Crippen molar-refractivity contribution in [3.63, 3.8) is 0 Å². The fourth-order valence-corrected chi connectivity index (χ4v) is 2.46. The van der Waals surface area contributed by atoms with Gasteiger partial charge in [0.05, 0.1) is 25.3 Å². The van der Waals surface area contributed by atoms with Crippen LogP contribution in [0.3, 0.4) is 0 Å². The van der Waals surface area contributed by atoms with Crippen molar-refractivity contribution in [3.8, 4) is 23.1 Å². The summed E-state index contributed by atoms with van der Waals surface area (Å²) in [7, 11) is 3.14. The molecule has 1 heterocycles. The Morgan fingerprint density at radius 3 is 2.47 bits per heavy atom. The summed E-state index contributed by atoms with van der Waals surface area (Å²) in [6.07, 6.45) is 0. The standard InChI is InChI=1S/C11H11NO3S2/c1-14-8-4-3-7(5-9(8)15-2)12-10(13)6-17-11(12)16/h3-6,13H,1-2H3. The summed E-state index contributed by atoms with van der Waals surface area (Å²) in [5.41, 5.74) is 0.742. The Bertz CT molecular complexity index is 589. The molecule has 0 atom stereocenters. The molecule has 6 heteroatoms. The van der Waals surface area contributed by atoms with Gasteiger partial charge in [0.15, 0.2) is 15.5 Å². The van der Waals surface area contributed by atoms with Gasteiger partial charge in [-0.25, -0.2) is 0 Å². The van der Waals surface area contributed by atoms with Crippen LogP contribution in [0.2, 0.25) is 0 Å². The lowest BCUT2D eigenvalue weighted by molar-refractivity contribution is 0.354. The molecule has 2 aromatic rings. The number of aromatic hydroxyl groups is 1. The highest BCUT2D eigenvalue weighted by molar-refractivity contribution is 7.73. The smallest absolute Gasteiger partial charge is 0.207 e. The molecule has 0 unspecified atom stereocenters. The minimum atomic E-state index is 0.118. The molecule has 90 valence electrons. The van der Waals surface area contributed by atoms with Crippen LogP contribution in [0.4, 0.5) is 0 Å².